The average Bonchev–Trinajstić information content (AvgIpc) is 3.23. The lowest BCUT2D eigenvalue weighted by atomic mass is 9.94. The third kappa shape index (κ3) is 3.44. The summed E-state index contributed by atoms with van der Waals surface area (Å²) < 4.78 is 0. The Balaban J connectivity index is 1.40. The van der Waals surface area contributed by atoms with Crippen LogP contribution in [-0.2, 0) is 6.42 Å². The topological polar surface area (TPSA) is 56.9 Å². The van der Waals surface area contributed by atoms with Gasteiger partial charge in [-0.3, -0.25) is 4.79 Å². The third-order valence-corrected chi connectivity index (χ3v) is 6.67. The van der Waals surface area contributed by atoms with Crippen molar-refractivity contribution in [3.05, 3.63) is 102 Å². The number of benzene rings is 4. The van der Waals surface area contributed by atoms with Gasteiger partial charge in [0.2, 0.25) is 0 Å². The number of hydrogen-bond donors (Lipinski definition) is 3. The van der Waals surface area contributed by atoms with E-state index < -0.39 is 0 Å². The molecule has 33 heavy (non-hydrogen) atoms. The molecule has 0 fully saturated rings. The van der Waals surface area contributed by atoms with E-state index in [-0.39, 0.29) is 11.9 Å². The largest absolute Gasteiger partial charge is 0.377 e. The van der Waals surface area contributed by atoms with Crippen molar-refractivity contribution in [2.75, 3.05) is 11.9 Å². The van der Waals surface area contributed by atoms with E-state index in [0.717, 1.165) is 45.4 Å². The molecule has 0 radical (unpaired) electrons. The van der Waals surface area contributed by atoms with E-state index in [1.54, 1.807) is 0 Å². The number of para-hydroxylation sites is 1. The van der Waals surface area contributed by atoms with E-state index in [1.807, 2.05) is 18.2 Å². The van der Waals surface area contributed by atoms with Gasteiger partial charge < -0.3 is 15.6 Å². The summed E-state index contributed by atoms with van der Waals surface area (Å²) in [4.78, 5) is 15.7. The van der Waals surface area contributed by atoms with Gasteiger partial charge in [-0.15, -0.1) is 0 Å². The van der Waals surface area contributed by atoms with Crippen LogP contribution in [0.2, 0.25) is 0 Å². The average molecular weight is 432 g/mol. The molecule has 1 aliphatic rings. The number of H-pyrrole nitrogens is 1. The van der Waals surface area contributed by atoms with Gasteiger partial charge in [-0.05, 0) is 59.9 Å². The molecule has 4 heteroatoms. The summed E-state index contributed by atoms with van der Waals surface area (Å²) in [6.07, 6.45) is 0.874. The van der Waals surface area contributed by atoms with Crippen molar-refractivity contribution in [2.24, 2.45) is 0 Å². The van der Waals surface area contributed by atoms with Gasteiger partial charge in [0.05, 0.1) is 11.2 Å². The van der Waals surface area contributed by atoms with E-state index in [9.17, 15) is 4.79 Å². The van der Waals surface area contributed by atoms with E-state index in [1.165, 1.54) is 16.3 Å². The number of fused-ring (bicyclic) bond motifs is 4. The zero-order chi connectivity index (χ0) is 22.4. The number of aromatic amines is 1. The molecule has 0 saturated carbocycles. The Bertz CT molecular complexity index is 1500. The molecule has 162 valence electrons. The van der Waals surface area contributed by atoms with Gasteiger partial charge in [0.25, 0.3) is 5.91 Å². The van der Waals surface area contributed by atoms with Crippen molar-refractivity contribution in [3.8, 4) is 11.1 Å². The highest BCUT2D eigenvalue weighted by molar-refractivity contribution is 6.12. The molecule has 0 bridgehead atoms. The molecule has 1 atom stereocenters. The SMILES string of the molecule is CC(Nc1cccc2c1[nH]c1ccc(-c3ccc4c(c3)CCNC4=O)cc12)c1ccccc1. The molecule has 0 saturated heterocycles. The van der Waals surface area contributed by atoms with Gasteiger partial charge in [0, 0.05) is 34.4 Å². The van der Waals surface area contributed by atoms with Crippen LogP contribution >= 0.6 is 0 Å². The van der Waals surface area contributed by atoms with Gasteiger partial charge in [0.15, 0.2) is 0 Å². The zero-order valence-corrected chi connectivity index (χ0v) is 18.5. The summed E-state index contributed by atoms with van der Waals surface area (Å²) in [6.45, 7) is 2.89. The maximum Gasteiger partial charge on any atom is 0.251 e. The van der Waals surface area contributed by atoms with E-state index >= 15 is 0 Å². The van der Waals surface area contributed by atoms with Crippen LogP contribution in [0.1, 0.15) is 34.5 Å². The monoisotopic (exact) mass is 431 g/mol. The number of amides is 1. The van der Waals surface area contributed by atoms with Crippen LogP contribution in [-0.4, -0.2) is 17.4 Å². The number of hydrogen-bond acceptors (Lipinski definition) is 2. The van der Waals surface area contributed by atoms with Crippen LogP contribution in [0.4, 0.5) is 5.69 Å². The lowest BCUT2D eigenvalue weighted by molar-refractivity contribution is 0.0946. The molecule has 4 nitrogen and oxygen atoms in total. The van der Waals surface area contributed by atoms with E-state index in [2.05, 4.69) is 89.3 Å². The quantitative estimate of drug-likeness (QED) is 0.306. The number of carbonyl (C=O) groups excluding carboxylic acids is 1. The molecule has 4 aromatic carbocycles. The maximum atomic E-state index is 12.1. The molecular formula is C29H25N3O. The van der Waals surface area contributed by atoms with Crippen molar-refractivity contribution in [3.63, 3.8) is 0 Å². The van der Waals surface area contributed by atoms with Gasteiger partial charge in [-0.1, -0.05) is 60.7 Å². The summed E-state index contributed by atoms with van der Waals surface area (Å²) in [5, 5.41) is 9.00. The smallest absolute Gasteiger partial charge is 0.251 e. The normalized spacial score (nSPS) is 14.2. The number of rotatable bonds is 4. The first-order valence-corrected chi connectivity index (χ1v) is 11.4. The summed E-state index contributed by atoms with van der Waals surface area (Å²) in [6, 6.07) is 29.8. The predicted molar refractivity (Wildman–Crippen MR) is 136 cm³/mol. The molecule has 6 rings (SSSR count). The minimum absolute atomic E-state index is 0.0274. The lowest BCUT2D eigenvalue weighted by Crippen LogP contribution is -2.31. The van der Waals surface area contributed by atoms with Crippen LogP contribution in [0.15, 0.2) is 84.9 Å². The second kappa shape index (κ2) is 7.82. The summed E-state index contributed by atoms with van der Waals surface area (Å²) >= 11 is 0. The molecule has 1 amide bonds. The van der Waals surface area contributed by atoms with Crippen LogP contribution in [0.3, 0.4) is 0 Å². The lowest BCUT2D eigenvalue weighted by Gasteiger charge is -2.17. The Morgan fingerprint density at radius 1 is 0.848 bits per heavy atom. The number of carbonyl (C=O) groups is 1. The van der Waals surface area contributed by atoms with Gasteiger partial charge in [-0.2, -0.15) is 0 Å². The highest BCUT2D eigenvalue weighted by atomic mass is 16.1. The van der Waals surface area contributed by atoms with E-state index in [4.69, 9.17) is 0 Å². The molecule has 1 unspecified atom stereocenters. The molecular weight excluding hydrogens is 406 g/mol. The summed E-state index contributed by atoms with van der Waals surface area (Å²) in [5.41, 5.74) is 8.82. The third-order valence-electron chi connectivity index (χ3n) is 6.67. The Kier molecular flexibility index (Phi) is 4.65. The predicted octanol–water partition coefficient (Wildman–Crippen LogP) is 6.45. The van der Waals surface area contributed by atoms with Crippen molar-refractivity contribution in [2.45, 2.75) is 19.4 Å². The van der Waals surface area contributed by atoms with Crippen molar-refractivity contribution in [1.29, 1.82) is 0 Å². The molecule has 1 aromatic heterocycles. The Labute approximate surface area is 192 Å². The van der Waals surface area contributed by atoms with Crippen LogP contribution < -0.4 is 10.6 Å². The number of nitrogens with one attached hydrogen (secondary N) is 3. The fourth-order valence-corrected chi connectivity index (χ4v) is 4.89. The summed E-state index contributed by atoms with van der Waals surface area (Å²) in [5.74, 6) is 0.0274. The maximum absolute atomic E-state index is 12.1. The van der Waals surface area contributed by atoms with Crippen LogP contribution in [0.25, 0.3) is 32.9 Å². The zero-order valence-electron chi connectivity index (χ0n) is 18.5. The Hall–Kier alpha value is -4.05. The first kappa shape index (κ1) is 19.6. The fourth-order valence-electron chi connectivity index (χ4n) is 4.89. The van der Waals surface area contributed by atoms with E-state index in [0.29, 0.717) is 6.54 Å². The van der Waals surface area contributed by atoms with Crippen LogP contribution in [0, 0.1) is 0 Å². The van der Waals surface area contributed by atoms with Crippen molar-refractivity contribution < 1.29 is 4.79 Å². The highest BCUT2D eigenvalue weighted by Gasteiger charge is 2.17. The van der Waals surface area contributed by atoms with Crippen LogP contribution in [0.5, 0.6) is 0 Å². The first-order chi connectivity index (χ1) is 16.2. The van der Waals surface area contributed by atoms with Gasteiger partial charge in [-0.25, -0.2) is 0 Å². The molecule has 1 aliphatic heterocycles. The first-order valence-electron chi connectivity index (χ1n) is 11.4. The molecule has 2 heterocycles. The molecule has 0 spiro atoms. The minimum Gasteiger partial charge on any atom is -0.377 e. The second-order valence-electron chi connectivity index (χ2n) is 8.77. The fraction of sp³-hybridized carbons (Fsp3) is 0.138. The standard InChI is InChI=1S/C29H25N3O/c1-18(19-6-3-2-4-7-19)31-27-9-5-8-24-25-17-21(11-13-26(25)32-28(24)27)20-10-12-23-22(16-20)14-15-30-29(23)33/h2-13,16-18,31-32H,14-15H2,1H3,(H,30,33). The van der Waals surface area contributed by atoms with Crippen molar-refractivity contribution in [1.82, 2.24) is 10.3 Å². The molecule has 5 aromatic rings. The molecule has 3 N–H and O–H groups in total. The molecule has 0 aliphatic carbocycles. The second-order valence-corrected chi connectivity index (χ2v) is 8.77. The highest BCUT2D eigenvalue weighted by Crippen LogP contribution is 2.35. The number of aromatic nitrogens is 1. The summed E-state index contributed by atoms with van der Waals surface area (Å²) in [7, 11) is 0. The minimum atomic E-state index is 0.0274. The Morgan fingerprint density at radius 2 is 1.67 bits per heavy atom. The van der Waals surface area contributed by atoms with Gasteiger partial charge >= 0.3 is 0 Å². The number of anilines is 1. The van der Waals surface area contributed by atoms with Gasteiger partial charge in [0.1, 0.15) is 0 Å². The Morgan fingerprint density at radius 3 is 2.55 bits per heavy atom. The van der Waals surface area contributed by atoms with Crippen molar-refractivity contribution >= 4 is 33.4 Å².